The molecule has 0 aliphatic carbocycles. The molecule has 0 radical (unpaired) electrons. The van der Waals surface area contributed by atoms with Gasteiger partial charge in [0.2, 0.25) is 0 Å². The number of hydrogen-bond donors (Lipinski definition) is 2. The third-order valence-electron chi connectivity index (χ3n) is 2.67. The first-order valence-electron chi connectivity index (χ1n) is 6.23. The molecule has 0 heterocycles. The summed E-state index contributed by atoms with van der Waals surface area (Å²) in [6.07, 6.45) is -0.690. The monoisotopic (exact) mass is 324 g/mol. The maximum atomic E-state index is 12.1. The average molecular weight is 325 g/mol. The van der Waals surface area contributed by atoms with Gasteiger partial charge in [-0.2, -0.15) is 0 Å². The highest BCUT2D eigenvalue weighted by molar-refractivity contribution is 6.35. The van der Waals surface area contributed by atoms with Gasteiger partial charge in [-0.1, -0.05) is 29.3 Å². The standard InChI is InChI=1S/C15H14Cl2N2O2/c1-9(21-14-4-2-3-12(18)8-14)15(20)19-13-6-10(16)5-11(17)7-13/h2-9H,18H2,1H3,(H,19,20). The molecular weight excluding hydrogens is 311 g/mol. The van der Waals surface area contributed by atoms with Gasteiger partial charge in [0, 0.05) is 27.5 Å². The fourth-order valence-corrected chi connectivity index (χ4v) is 2.24. The molecule has 0 aliphatic heterocycles. The molecule has 110 valence electrons. The second-order valence-corrected chi connectivity index (χ2v) is 5.35. The summed E-state index contributed by atoms with van der Waals surface area (Å²) in [5.74, 6) is 0.220. The van der Waals surface area contributed by atoms with E-state index in [1.165, 1.54) is 0 Å². The Labute approximate surface area is 132 Å². The van der Waals surface area contributed by atoms with Gasteiger partial charge < -0.3 is 15.8 Å². The van der Waals surface area contributed by atoms with Crippen LogP contribution in [0.1, 0.15) is 6.92 Å². The molecule has 21 heavy (non-hydrogen) atoms. The summed E-state index contributed by atoms with van der Waals surface area (Å²) in [6, 6.07) is 11.7. The van der Waals surface area contributed by atoms with Crippen molar-refractivity contribution in [3.05, 3.63) is 52.5 Å². The zero-order valence-corrected chi connectivity index (χ0v) is 12.8. The van der Waals surface area contributed by atoms with E-state index < -0.39 is 6.10 Å². The van der Waals surface area contributed by atoms with Crippen LogP contribution in [0.4, 0.5) is 11.4 Å². The van der Waals surface area contributed by atoms with E-state index in [-0.39, 0.29) is 5.91 Å². The molecule has 0 saturated carbocycles. The van der Waals surface area contributed by atoms with Crippen LogP contribution in [0.3, 0.4) is 0 Å². The van der Waals surface area contributed by atoms with E-state index in [4.69, 9.17) is 33.7 Å². The van der Waals surface area contributed by atoms with Gasteiger partial charge in [-0.25, -0.2) is 0 Å². The van der Waals surface area contributed by atoms with Crippen LogP contribution in [0.15, 0.2) is 42.5 Å². The lowest BCUT2D eigenvalue weighted by Gasteiger charge is -2.15. The summed E-state index contributed by atoms with van der Waals surface area (Å²) in [5, 5.41) is 3.59. The average Bonchev–Trinajstić information content (AvgIpc) is 2.37. The molecular formula is C15H14Cl2N2O2. The predicted molar refractivity (Wildman–Crippen MR) is 86.0 cm³/mol. The molecule has 0 saturated heterocycles. The molecule has 0 spiro atoms. The van der Waals surface area contributed by atoms with Crippen LogP contribution in [0.25, 0.3) is 0 Å². The van der Waals surface area contributed by atoms with Crippen LogP contribution in [0.2, 0.25) is 10.0 Å². The van der Waals surface area contributed by atoms with Crippen LogP contribution < -0.4 is 15.8 Å². The number of anilines is 2. The molecule has 6 heteroatoms. The maximum absolute atomic E-state index is 12.1. The van der Waals surface area contributed by atoms with Gasteiger partial charge in [-0.05, 0) is 37.3 Å². The first-order chi connectivity index (χ1) is 9.94. The number of carbonyl (C=O) groups is 1. The van der Waals surface area contributed by atoms with Crippen molar-refractivity contribution in [1.29, 1.82) is 0 Å². The fraction of sp³-hybridized carbons (Fsp3) is 0.133. The summed E-state index contributed by atoms with van der Waals surface area (Å²) in [4.78, 5) is 12.1. The Hall–Kier alpha value is -1.91. The highest BCUT2D eigenvalue weighted by atomic mass is 35.5. The minimum absolute atomic E-state index is 0.309. The smallest absolute Gasteiger partial charge is 0.265 e. The van der Waals surface area contributed by atoms with Gasteiger partial charge in [0.25, 0.3) is 5.91 Å². The summed E-state index contributed by atoms with van der Waals surface area (Å²) in [7, 11) is 0. The fourth-order valence-electron chi connectivity index (χ4n) is 1.72. The largest absolute Gasteiger partial charge is 0.481 e. The number of carbonyl (C=O) groups excluding carboxylic acids is 1. The van der Waals surface area contributed by atoms with Crippen molar-refractivity contribution in [2.24, 2.45) is 0 Å². The van der Waals surface area contributed by atoms with Crippen LogP contribution in [0.5, 0.6) is 5.75 Å². The summed E-state index contributed by atoms with van der Waals surface area (Å²) >= 11 is 11.8. The maximum Gasteiger partial charge on any atom is 0.265 e. The molecule has 3 N–H and O–H groups in total. The van der Waals surface area contributed by atoms with Gasteiger partial charge in [0.1, 0.15) is 5.75 Å². The van der Waals surface area contributed by atoms with Crippen LogP contribution in [-0.4, -0.2) is 12.0 Å². The van der Waals surface area contributed by atoms with Crippen molar-refractivity contribution in [1.82, 2.24) is 0 Å². The normalized spacial score (nSPS) is 11.8. The number of rotatable bonds is 4. The topological polar surface area (TPSA) is 64.3 Å². The van der Waals surface area contributed by atoms with Crippen LogP contribution in [0, 0.1) is 0 Å². The molecule has 4 nitrogen and oxygen atoms in total. The van der Waals surface area contributed by atoms with E-state index in [1.807, 2.05) is 0 Å². The zero-order chi connectivity index (χ0) is 15.4. The Morgan fingerprint density at radius 2 is 1.86 bits per heavy atom. The van der Waals surface area contributed by atoms with E-state index >= 15 is 0 Å². The number of nitrogens with one attached hydrogen (secondary N) is 1. The lowest BCUT2D eigenvalue weighted by Crippen LogP contribution is -2.30. The van der Waals surface area contributed by atoms with E-state index in [2.05, 4.69) is 5.32 Å². The summed E-state index contributed by atoms with van der Waals surface area (Å²) in [5.41, 5.74) is 6.74. The van der Waals surface area contributed by atoms with E-state index in [1.54, 1.807) is 49.4 Å². The lowest BCUT2D eigenvalue weighted by molar-refractivity contribution is -0.122. The molecule has 1 atom stereocenters. The molecule has 0 aromatic heterocycles. The Morgan fingerprint density at radius 3 is 2.48 bits per heavy atom. The minimum atomic E-state index is -0.690. The lowest BCUT2D eigenvalue weighted by atomic mass is 10.3. The number of halogens is 2. The number of ether oxygens (including phenoxy) is 1. The van der Waals surface area contributed by atoms with E-state index in [0.717, 1.165) is 0 Å². The molecule has 0 aliphatic rings. The summed E-state index contributed by atoms with van der Waals surface area (Å²) in [6.45, 7) is 1.64. The zero-order valence-electron chi connectivity index (χ0n) is 11.3. The Kier molecular flexibility index (Phi) is 4.94. The van der Waals surface area contributed by atoms with Gasteiger partial charge in [-0.3, -0.25) is 4.79 Å². The molecule has 0 bridgehead atoms. The molecule has 2 rings (SSSR count). The van der Waals surface area contributed by atoms with Gasteiger partial charge in [0.05, 0.1) is 0 Å². The van der Waals surface area contributed by atoms with Crippen LogP contribution in [-0.2, 0) is 4.79 Å². The molecule has 2 aromatic carbocycles. The van der Waals surface area contributed by atoms with Crippen molar-refractivity contribution in [2.75, 3.05) is 11.1 Å². The van der Waals surface area contributed by atoms with Crippen LogP contribution >= 0.6 is 23.2 Å². The highest BCUT2D eigenvalue weighted by Gasteiger charge is 2.15. The number of nitrogen functional groups attached to an aromatic ring is 1. The number of amides is 1. The van der Waals surface area contributed by atoms with Gasteiger partial charge in [0.15, 0.2) is 6.10 Å². The minimum Gasteiger partial charge on any atom is -0.481 e. The highest BCUT2D eigenvalue weighted by Crippen LogP contribution is 2.23. The number of nitrogens with two attached hydrogens (primary N) is 1. The van der Waals surface area contributed by atoms with Crippen molar-refractivity contribution in [3.8, 4) is 5.75 Å². The van der Waals surface area contributed by atoms with E-state index in [0.29, 0.717) is 27.2 Å². The van der Waals surface area contributed by atoms with Gasteiger partial charge in [-0.15, -0.1) is 0 Å². The first-order valence-corrected chi connectivity index (χ1v) is 6.99. The summed E-state index contributed by atoms with van der Waals surface area (Å²) < 4.78 is 5.53. The molecule has 0 fully saturated rings. The predicted octanol–water partition coefficient (Wildman–Crippen LogP) is 3.98. The third kappa shape index (κ3) is 4.55. The second kappa shape index (κ2) is 6.70. The van der Waals surface area contributed by atoms with Crippen molar-refractivity contribution < 1.29 is 9.53 Å². The third-order valence-corrected chi connectivity index (χ3v) is 3.11. The number of hydrogen-bond acceptors (Lipinski definition) is 3. The van der Waals surface area contributed by atoms with Gasteiger partial charge >= 0.3 is 0 Å². The van der Waals surface area contributed by atoms with Crippen molar-refractivity contribution >= 4 is 40.5 Å². The van der Waals surface area contributed by atoms with Crippen molar-refractivity contribution in [2.45, 2.75) is 13.0 Å². The second-order valence-electron chi connectivity index (χ2n) is 4.48. The van der Waals surface area contributed by atoms with E-state index in [9.17, 15) is 4.79 Å². The first kappa shape index (κ1) is 15.5. The van der Waals surface area contributed by atoms with Crippen molar-refractivity contribution in [3.63, 3.8) is 0 Å². The SMILES string of the molecule is CC(Oc1cccc(N)c1)C(=O)Nc1cc(Cl)cc(Cl)c1. The number of benzene rings is 2. The Bertz CT molecular complexity index is 642. The Balaban J connectivity index is 2.02. The molecule has 1 amide bonds. The quantitative estimate of drug-likeness (QED) is 0.836. The Morgan fingerprint density at radius 1 is 1.19 bits per heavy atom. The molecule has 2 aromatic rings. The molecule has 1 unspecified atom stereocenters.